The van der Waals surface area contributed by atoms with Gasteiger partial charge in [0.05, 0.1) is 21.7 Å². The number of thiazole rings is 1. The van der Waals surface area contributed by atoms with Crippen LogP contribution in [0.15, 0.2) is 52.4 Å². The zero-order valence-corrected chi connectivity index (χ0v) is 21.7. The highest BCUT2D eigenvalue weighted by Gasteiger charge is 2.22. The Kier molecular flexibility index (Phi) is 8.47. The molecule has 34 heavy (non-hydrogen) atoms. The number of carbonyl (C=O) groups excluding carboxylic acids is 1. The number of hydrogen-bond donors (Lipinski definition) is 0. The molecule has 0 N–H and O–H groups in total. The molecule has 0 aliphatic rings. The van der Waals surface area contributed by atoms with Gasteiger partial charge in [0, 0.05) is 18.7 Å². The summed E-state index contributed by atoms with van der Waals surface area (Å²) in [6, 6.07) is 12.2. The maximum atomic E-state index is 12.9. The number of aromatic nitrogens is 1. The summed E-state index contributed by atoms with van der Waals surface area (Å²) in [5.41, 5.74) is 2.46. The van der Waals surface area contributed by atoms with E-state index in [1.54, 1.807) is 0 Å². The lowest BCUT2D eigenvalue weighted by Crippen LogP contribution is -2.31. The molecule has 1 aromatic heterocycles. The Labute approximate surface area is 206 Å². The van der Waals surface area contributed by atoms with Gasteiger partial charge in [0.15, 0.2) is 4.80 Å². The standard InChI is InChI=1S/C26H31N3O3S2/c1-6-9-17-28(8-3)34(31,32)22-13-10-20(11-14-22)25(30)27-26-29(16-7-2)23-15-12-21(19(4)5)18-24(23)33-26/h2,10-15,18-19H,6,8-9,16-17H2,1,3-5H3. The van der Waals surface area contributed by atoms with Crippen LogP contribution in [-0.2, 0) is 16.6 Å². The van der Waals surface area contributed by atoms with Crippen molar-refractivity contribution in [1.82, 2.24) is 8.87 Å². The minimum atomic E-state index is -3.60. The highest BCUT2D eigenvalue weighted by atomic mass is 32.2. The molecule has 0 bridgehead atoms. The van der Waals surface area contributed by atoms with E-state index >= 15 is 0 Å². The largest absolute Gasteiger partial charge is 0.305 e. The maximum Gasteiger partial charge on any atom is 0.279 e. The predicted octanol–water partition coefficient (Wildman–Crippen LogP) is 5.01. The summed E-state index contributed by atoms with van der Waals surface area (Å²) < 4.78 is 30.2. The molecule has 1 amide bonds. The Bertz CT molecular complexity index is 1380. The fourth-order valence-electron chi connectivity index (χ4n) is 3.63. The van der Waals surface area contributed by atoms with Crippen molar-refractivity contribution in [3.8, 4) is 12.3 Å². The zero-order valence-electron chi connectivity index (χ0n) is 20.1. The van der Waals surface area contributed by atoms with Crippen LogP contribution in [-0.4, -0.2) is 36.3 Å². The average Bonchev–Trinajstić information content (AvgIpc) is 3.15. The van der Waals surface area contributed by atoms with Crippen molar-refractivity contribution in [2.75, 3.05) is 13.1 Å². The molecule has 1 heterocycles. The summed E-state index contributed by atoms with van der Waals surface area (Å²) in [5.74, 6) is 2.58. The topological polar surface area (TPSA) is 71.7 Å². The molecule has 3 aromatic rings. The first kappa shape index (κ1) is 25.9. The number of terminal acetylenes is 1. The summed E-state index contributed by atoms with van der Waals surface area (Å²) in [7, 11) is -3.60. The number of amides is 1. The Hall–Kier alpha value is -2.73. The molecule has 0 spiro atoms. The van der Waals surface area contributed by atoms with Crippen molar-refractivity contribution in [3.63, 3.8) is 0 Å². The molecular weight excluding hydrogens is 466 g/mol. The fraction of sp³-hybridized carbons (Fsp3) is 0.385. The number of hydrogen-bond acceptors (Lipinski definition) is 4. The predicted molar refractivity (Wildman–Crippen MR) is 138 cm³/mol. The Morgan fingerprint density at radius 3 is 2.47 bits per heavy atom. The lowest BCUT2D eigenvalue weighted by Gasteiger charge is -2.20. The molecule has 0 saturated heterocycles. The molecule has 180 valence electrons. The van der Waals surface area contributed by atoms with Gasteiger partial charge in [-0.05, 0) is 54.3 Å². The van der Waals surface area contributed by atoms with Crippen molar-refractivity contribution in [2.24, 2.45) is 4.99 Å². The molecule has 8 heteroatoms. The van der Waals surface area contributed by atoms with Crippen molar-refractivity contribution >= 4 is 37.5 Å². The second-order valence-electron chi connectivity index (χ2n) is 8.35. The van der Waals surface area contributed by atoms with E-state index in [9.17, 15) is 13.2 Å². The SMILES string of the molecule is C#CCn1c(=NC(=O)c2ccc(S(=O)(=O)N(CC)CCCC)cc2)sc2cc(C(C)C)ccc21. The quantitative estimate of drug-likeness (QED) is 0.390. The van der Waals surface area contributed by atoms with E-state index in [1.807, 2.05) is 24.5 Å². The van der Waals surface area contributed by atoms with Gasteiger partial charge in [0.1, 0.15) is 0 Å². The molecular formula is C26H31N3O3S2. The van der Waals surface area contributed by atoms with Crippen LogP contribution in [0.5, 0.6) is 0 Å². The molecule has 3 rings (SSSR count). The van der Waals surface area contributed by atoms with Gasteiger partial charge in [-0.1, -0.05) is 57.4 Å². The number of benzene rings is 2. The molecule has 2 aromatic carbocycles. The third-order valence-corrected chi connectivity index (χ3v) is 8.70. The smallest absolute Gasteiger partial charge is 0.279 e. The van der Waals surface area contributed by atoms with E-state index < -0.39 is 15.9 Å². The monoisotopic (exact) mass is 497 g/mol. The Morgan fingerprint density at radius 1 is 1.18 bits per heavy atom. The molecule has 6 nitrogen and oxygen atoms in total. The van der Waals surface area contributed by atoms with E-state index in [1.165, 1.54) is 45.5 Å². The second-order valence-corrected chi connectivity index (χ2v) is 11.3. The van der Waals surface area contributed by atoms with E-state index in [-0.39, 0.29) is 4.90 Å². The van der Waals surface area contributed by atoms with Crippen LogP contribution in [0.3, 0.4) is 0 Å². The highest BCUT2D eigenvalue weighted by molar-refractivity contribution is 7.89. The summed E-state index contributed by atoms with van der Waals surface area (Å²) in [5, 5.41) is 0. The van der Waals surface area contributed by atoms with Crippen molar-refractivity contribution in [2.45, 2.75) is 57.9 Å². The minimum absolute atomic E-state index is 0.174. The van der Waals surface area contributed by atoms with Gasteiger partial charge >= 0.3 is 0 Å². The summed E-state index contributed by atoms with van der Waals surface area (Å²) in [6.45, 7) is 9.29. The zero-order chi connectivity index (χ0) is 24.9. The number of nitrogens with zero attached hydrogens (tertiary/aromatic N) is 3. The first-order valence-electron chi connectivity index (χ1n) is 11.5. The van der Waals surface area contributed by atoms with Crippen LogP contribution in [0, 0.1) is 12.3 Å². The molecule has 0 aliphatic carbocycles. The number of unbranched alkanes of at least 4 members (excludes halogenated alkanes) is 1. The van der Waals surface area contributed by atoms with Gasteiger partial charge < -0.3 is 4.57 Å². The molecule has 0 unspecified atom stereocenters. The summed E-state index contributed by atoms with van der Waals surface area (Å²) in [6.07, 6.45) is 7.28. The van der Waals surface area contributed by atoms with Crippen LogP contribution in [0.1, 0.15) is 62.4 Å². The van der Waals surface area contributed by atoms with Crippen molar-refractivity contribution < 1.29 is 13.2 Å². The van der Waals surface area contributed by atoms with Crippen LogP contribution >= 0.6 is 11.3 Å². The molecule has 0 aliphatic heterocycles. The van der Waals surface area contributed by atoms with Crippen LogP contribution in [0.25, 0.3) is 10.2 Å². The fourth-order valence-corrected chi connectivity index (χ4v) is 6.19. The van der Waals surface area contributed by atoms with Gasteiger partial charge in [-0.15, -0.1) is 6.42 Å². The van der Waals surface area contributed by atoms with Gasteiger partial charge in [-0.25, -0.2) is 8.42 Å². The number of rotatable bonds is 9. The number of carbonyl (C=O) groups is 1. The molecule has 0 atom stereocenters. The van der Waals surface area contributed by atoms with Gasteiger partial charge in [-0.3, -0.25) is 4.79 Å². The third-order valence-electron chi connectivity index (χ3n) is 5.67. The van der Waals surface area contributed by atoms with E-state index in [2.05, 4.69) is 36.9 Å². The molecule has 0 fully saturated rings. The lowest BCUT2D eigenvalue weighted by atomic mass is 10.0. The average molecular weight is 498 g/mol. The van der Waals surface area contributed by atoms with Crippen LogP contribution in [0.2, 0.25) is 0 Å². The summed E-state index contributed by atoms with van der Waals surface area (Å²) in [4.78, 5) is 18.0. The van der Waals surface area contributed by atoms with E-state index in [0.29, 0.717) is 35.9 Å². The maximum absolute atomic E-state index is 12.9. The van der Waals surface area contributed by atoms with Gasteiger partial charge in [-0.2, -0.15) is 9.30 Å². The van der Waals surface area contributed by atoms with Crippen LogP contribution in [0.4, 0.5) is 0 Å². The first-order valence-corrected chi connectivity index (χ1v) is 13.7. The van der Waals surface area contributed by atoms with Crippen LogP contribution < -0.4 is 4.80 Å². The normalized spacial score (nSPS) is 12.6. The van der Waals surface area contributed by atoms with Crippen molar-refractivity contribution in [3.05, 3.63) is 58.4 Å². The Balaban J connectivity index is 1.95. The summed E-state index contributed by atoms with van der Waals surface area (Å²) >= 11 is 1.42. The molecule has 0 saturated carbocycles. The lowest BCUT2D eigenvalue weighted by molar-refractivity contribution is 0.0998. The Morgan fingerprint density at radius 2 is 1.88 bits per heavy atom. The number of fused-ring (bicyclic) bond motifs is 1. The molecule has 0 radical (unpaired) electrons. The van der Waals surface area contributed by atoms with E-state index in [4.69, 9.17) is 6.42 Å². The van der Waals surface area contributed by atoms with Gasteiger partial charge in [0.2, 0.25) is 10.0 Å². The minimum Gasteiger partial charge on any atom is -0.305 e. The number of sulfonamides is 1. The van der Waals surface area contributed by atoms with E-state index in [0.717, 1.165) is 23.1 Å². The highest BCUT2D eigenvalue weighted by Crippen LogP contribution is 2.24. The third kappa shape index (κ3) is 5.49. The first-order chi connectivity index (χ1) is 16.2. The van der Waals surface area contributed by atoms with Crippen molar-refractivity contribution in [1.29, 1.82) is 0 Å². The second kappa shape index (κ2) is 11.1. The van der Waals surface area contributed by atoms with Gasteiger partial charge in [0.25, 0.3) is 5.91 Å².